The van der Waals surface area contributed by atoms with Gasteiger partial charge in [0.05, 0.1) is 23.3 Å². The van der Waals surface area contributed by atoms with Crippen molar-refractivity contribution in [3.8, 4) is 0 Å². The highest BCUT2D eigenvalue weighted by molar-refractivity contribution is 7.80. The molecule has 0 aliphatic heterocycles. The number of aryl methyl sites for hydroxylation is 1. The van der Waals surface area contributed by atoms with E-state index in [9.17, 15) is 18.0 Å². The van der Waals surface area contributed by atoms with Crippen LogP contribution in [0.2, 0.25) is 5.02 Å². The molecule has 10 heteroatoms. The largest absolute Gasteiger partial charge is 0.465 e. The Kier molecular flexibility index (Phi) is 6.70. The number of ether oxygens (including phenoxy) is 1. The van der Waals surface area contributed by atoms with Crippen LogP contribution in [0.25, 0.3) is 0 Å². The van der Waals surface area contributed by atoms with E-state index in [1.165, 1.54) is 24.5 Å². The van der Waals surface area contributed by atoms with Crippen molar-refractivity contribution in [1.82, 2.24) is 0 Å². The number of hydrogen-bond acceptors (Lipinski definition) is 4. The van der Waals surface area contributed by atoms with Crippen molar-refractivity contribution in [2.75, 3.05) is 17.7 Å². The molecule has 29 heavy (non-hydrogen) atoms. The van der Waals surface area contributed by atoms with Gasteiger partial charge in [-0.15, -0.1) is 11.3 Å². The Morgan fingerprint density at radius 1 is 1.21 bits per heavy atom. The van der Waals surface area contributed by atoms with Crippen molar-refractivity contribution in [3.05, 3.63) is 44.8 Å². The number of nitrogens with one attached hydrogen (secondary N) is 2. The summed E-state index contributed by atoms with van der Waals surface area (Å²) in [6.07, 6.45) is 0.209. The minimum absolute atomic E-state index is 0.0713. The van der Waals surface area contributed by atoms with Gasteiger partial charge in [0.15, 0.2) is 5.11 Å². The van der Waals surface area contributed by atoms with Crippen LogP contribution in [0.3, 0.4) is 0 Å². The van der Waals surface area contributed by atoms with Gasteiger partial charge < -0.3 is 15.4 Å². The lowest BCUT2D eigenvalue weighted by atomic mass is 10.1. The zero-order chi connectivity index (χ0) is 21.2. The molecule has 0 saturated carbocycles. The highest BCUT2D eigenvalue weighted by Gasteiger charge is 2.33. The number of benzene rings is 1. The summed E-state index contributed by atoms with van der Waals surface area (Å²) in [5, 5.41) is 5.88. The van der Waals surface area contributed by atoms with Crippen LogP contribution < -0.4 is 10.6 Å². The number of methoxy groups -OCH3 is 1. The first-order chi connectivity index (χ1) is 13.7. The molecule has 1 aliphatic rings. The molecule has 1 aliphatic carbocycles. The van der Waals surface area contributed by atoms with Gasteiger partial charge in [0, 0.05) is 10.6 Å². The Bertz CT molecular complexity index is 944. The van der Waals surface area contributed by atoms with Gasteiger partial charge in [0.2, 0.25) is 0 Å². The standard InChI is InChI=1S/C19H18ClF3N2O2S2/c1-27-17(26)15-11-5-3-2-4-6-14(11)29-16(15)25-18(28)24-10-7-8-13(20)12(9-10)19(21,22)23/h7-9H,2-6H2,1H3,(H2,24,25,28). The van der Waals surface area contributed by atoms with Crippen molar-refractivity contribution < 1.29 is 22.7 Å². The third-order valence-corrected chi connectivity index (χ3v) is 6.31. The summed E-state index contributed by atoms with van der Waals surface area (Å²) < 4.78 is 44.1. The number of thiocarbonyl (C=S) groups is 1. The van der Waals surface area contributed by atoms with Gasteiger partial charge in [-0.2, -0.15) is 13.2 Å². The normalized spacial score (nSPS) is 14.0. The Morgan fingerprint density at radius 2 is 1.93 bits per heavy atom. The second-order valence-corrected chi connectivity index (χ2v) is 8.45. The molecule has 0 spiro atoms. The molecule has 1 aromatic heterocycles. The highest BCUT2D eigenvalue weighted by atomic mass is 35.5. The maximum Gasteiger partial charge on any atom is 0.417 e. The highest BCUT2D eigenvalue weighted by Crippen LogP contribution is 2.39. The zero-order valence-electron chi connectivity index (χ0n) is 15.4. The van der Waals surface area contributed by atoms with Gasteiger partial charge in [-0.1, -0.05) is 18.0 Å². The number of thiophene rings is 1. The fraction of sp³-hybridized carbons (Fsp3) is 0.368. The fourth-order valence-corrected chi connectivity index (χ4v) is 5.03. The van der Waals surface area contributed by atoms with Crippen molar-refractivity contribution in [2.24, 2.45) is 0 Å². The smallest absolute Gasteiger partial charge is 0.417 e. The molecule has 0 fully saturated rings. The molecule has 4 nitrogen and oxygen atoms in total. The molecule has 0 amide bonds. The molecule has 0 atom stereocenters. The molecule has 0 bridgehead atoms. The van der Waals surface area contributed by atoms with Crippen LogP contribution in [-0.2, 0) is 23.8 Å². The molecular weight excluding hydrogens is 445 g/mol. The third-order valence-electron chi connectivity index (χ3n) is 4.57. The van der Waals surface area contributed by atoms with Crippen molar-refractivity contribution in [1.29, 1.82) is 0 Å². The van der Waals surface area contributed by atoms with E-state index in [1.54, 1.807) is 0 Å². The summed E-state index contributed by atoms with van der Waals surface area (Å²) in [7, 11) is 1.32. The molecule has 156 valence electrons. The molecule has 1 heterocycles. The fourth-order valence-electron chi connectivity index (χ4n) is 3.23. The lowest BCUT2D eigenvalue weighted by Gasteiger charge is -2.14. The van der Waals surface area contributed by atoms with E-state index in [2.05, 4.69) is 10.6 Å². The first-order valence-electron chi connectivity index (χ1n) is 8.88. The van der Waals surface area contributed by atoms with Crippen molar-refractivity contribution >= 4 is 56.9 Å². The third kappa shape index (κ3) is 5.02. The summed E-state index contributed by atoms with van der Waals surface area (Å²) in [4.78, 5) is 13.5. The summed E-state index contributed by atoms with van der Waals surface area (Å²) >= 11 is 12.3. The average molecular weight is 463 g/mol. The van der Waals surface area contributed by atoms with E-state index >= 15 is 0 Å². The van der Waals surface area contributed by atoms with Crippen LogP contribution in [0.1, 0.15) is 45.6 Å². The van der Waals surface area contributed by atoms with Gasteiger partial charge in [0.1, 0.15) is 5.00 Å². The molecular formula is C19H18ClF3N2O2S2. The Morgan fingerprint density at radius 3 is 2.62 bits per heavy atom. The van der Waals surface area contributed by atoms with Gasteiger partial charge in [0.25, 0.3) is 0 Å². The Hall–Kier alpha value is -1.84. The van der Waals surface area contributed by atoms with E-state index in [0.717, 1.165) is 54.7 Å². The van der Waals surface area contributed by atoms with Crippen molar-refractivity contribution in [2.45, 2.75) is 38.3 Å². The number of esters is 1. The average Bonchev–Trinajstić information content (AvgIpc) is 2.82. The molecule has 3 rings (SSSR count). The van der Waals surface area contributed by atoms with E-state index in [-0.39, 0.29) is 10.8 Å². The van der Waals surface area contributed by atoms with E-state index in [1.807, 2.05) is 0 Å². The van der Waals surface area contributed by atoms with E-state index in [4.69, 9.17) is 28.6 Å². The van der Waals surface area contributed by atoms with E-state index < -0.39 is 22.7 Å². The second-order valence-electron chi connectivity index (χ2n) is 6.53. The molecule has 0 saturated heterocycles. The van der Waals surface area contributed by atoms with E-state index in [0.29, 0.717) is 10.6 Å². The van der Waals surface area contributed by atoms with Crippen LogP contribution in [0.15, 0.2) is 18.2 Å². The SMILES string of the molecule is COC(=O)c1c(NC(=S)Nc2ccc(Cl)c(C(F)(F)F)c2)sc2c1CCCCC2. The lowest BCUT2D eigenvalue weighted by Crippen LogP contribution is -2.20. The maximum absolute atomic E-state index is 13.0. The number of anilines is 2. The minimum Gasteiger partial charge on any atom is -0.465 e. The molecule has 2 N–H and O–H groups in total. The van der Waals surface area contributed by atoms with Crippen molar-refractivity contribution in [3.63, 3.8) is 0 Å². The van der Waals surface area contributed by atoms with Crippen LogP contribution >= 0.6 is 35.2 Å². The first kappa shape index (κ1) is 21.9. The van der Waals surface area contributed by atoms with Gasteiger partial charge in [-0.3, -0.25) is 0 Å². The quantitative estimate of drug-likeness (QED) is 0.319. The number of halogens is 4. The predicted molar refractivity (Wildman–Crippen MR) is 113 cm³/mol. The summed E-state index contributed by atoms with van der Waals surface area (Å²) in [6, 6.07) is 3.44. The molecule has 0 unspecified atom stereocenters. The van der Waals surface area contributed by atoms with Crippen LogP contribution in [-0.4, -0.2) is 18.2 Å². The van der Waals surface area contributed by atoms with Gasteiger partial charge >= 0.3 is 12.1 Å². The predicted octanol–water partition coefficient (Wildman–Crippen LogP) is 6.28. The minimum atomic E-state index is -4.58. The number of hydrogen-bond donors (Lipinski definition) is 2. The topological polar surface area (TPSA) is 50.4 Å². The molecule has 1 aromatic carbocycles. The maximum atomic E-state index is 13.0. The van der Waals surface area contributed by atoms with Gasteiger partial charge in [-0.05, 0) is 61.7 Å². The van der Waals surface area contributed by atoms with Crippen LogP contribution in [0.4, 0.5) is 23.9 Å². The van der Waals surface area contributed by atoms with Gasteiger partial charge in [-0.25, -0.2) is 4.79 Å². The van der Waals surface area contributed by atoms with Crippen LogP contribution in [0, 0.1) is 0 Å². The zero-order valence-corrected chi connectivity index (χ0v) is 17.8. The number of fused-ring (bicyclic) bond motifs is 1. The van der Waals surface area contributed by atoms with Crippen LogP contribution in [0.5, 0.6) is 0 Å². The monoisotopic (exact) mass is 462 g/mol. The number of alkyl halides is 3. The Balaban J connectivity index is 1.84. The number of carbonyl (C=O) groups excluding carboxylic acids is 1. The molecule has 2 aromatic rings. The molecule has 0 radical (unpaired) electrons. The second kappa shape index (κ2) is 8.89. The lowest BCUT2D eigenvalue weighted by molar-refractivity contribution is -0.137. The summed E-state index contributed by atoms with van der Waals surface area (Å²) in [6.45, 7) is 0. The summed E-state index contributed by atoms with van der Waals surface area (Å²) in [5.74, 6) is -0.458. The number of rotatable bonds is 3. The first-order valence-corrected chi connectivity index (χ1v) is 10.5. The Labute approximate surface area is 180 Å². The summed E-state index contributed by atoms with van der Waals surface area (Å²) in [5.41, 5.74) is 0.600. The number of carbonyl (C=O) groups is 1.